The molecular weight excluding hydrogens is 529 g/mol. The lowest BCUT2D eigenvalue weighted by molar-refractivity contribution is -0.220. The van der Waals surface area contributed by atoms with Crippen LogP contribution >= 0.6 is 23.5 Å². The maximum Gasteiger partial charge on any atom is 0.490 e. The van der Waals surface area contributed by atoms with Crippen LogP contribution < -0.4 is 5.73 Å². The molecule has 0 amide bonds. The normalized spacial score (nSPS) is 32.4. The number of nitriles is 1. The van der Waals surface area contributed by atoms with Crippen LogP contribution in [0.3, 0.4) is 0 Å². The maximum absolute atomic E-state index is 12.1. The van der Waals surface area contributed by atoms with Gasteiger partial charge < -0.3 is 39.9 Å². The number of nitrogen functional groups attached to an aromatic ring is 1. The minimum absolute atomic E-state index is 0.0103. The molecule has 4 heterocycles. The van der Waals surface area contributed by atoms with Crippen LogP contribution in [0.5, 0.6) is 0 Å². The molecule has 2 aliphatic heterocycles. The third kappa shape index (κ3) is 4.30. The molecule has 19 nitrogen and oxygen atoms in total. The molecule has 2 fully saturated rings. The molecule has 0 saturated carbocycles. The summed E-state index contributed by atoms with van der Waals surface area (Å²) >= 11 is 0. The topological polar surface area (TPSA) is 292 Å². The fourth-order valence-corrected chi connectivity index (χ4v) is 6.62. The first-order chi connectivity index (χ1) is 15.6. The van der Waals surface area contributed by atoms with Crippen molar-refractivity contribution in [3.63, 3.8) is 0 Å². The van der Waals surface area contributed by atoms with Crippen molar-refractivity contribution in [2.24, 2.45) is 0 Å². The van der Waals surface area contributed by atoms with Crippen LogP contribution in [0.4, 0.5) is 5.82 Å². The van der Waals surface area contributed by atoms with Gasteiger partial charge in [-0.3, -0.25) is 9.09 Å². The second-order valence-corrected chi connectivity index (χ2v) is 11.5. The summed E-state index contributed by atoms with van der Waals surface area (Å²) < 4.78 is 58.5. The second-order valence-electron chi connectivity index (χ2n) is 7.06. The van der Waals surface area contributed by atoms with E-state index in [9.17, 15) is 33.9 Å². The van der Waals surface area contributed by atoms with E-state index in [2.05, 4.69) is 28.1 Å². The van der Waals surface area contributed by atoms with Gasteiger partial charge in [0.15, 0.2) is 11.5 Å². The van der Waals surface area contributed by atoms with E-state index in [0.29, 0.717) is 0 Å². The van der Waals surface area contributed by atoms with Gasteiger partial charge in [0.2, 0.25) is 0 Å². The third-order valence-electron chi connectivity index (χ3n) is 4.85. The maximum atomic E-state index is 12.1. The lowest BCUT2D eigenvalue weighted by atomic mass is 9.98. The number of hydrogen-bond donors (Lipinski definition) is 6. The quantitative estimate of drug-likeness (QED) is 0.205. The molecular formula is C12H15N6O13P3. The van der Waals surface area contributed by atoms with E-state index in [4.69, 9.17) is 25.0 Å². The van der Waals surface area contributed by atoms with Crippen molar-refractivity contribution in [3.05, 3.63) is 12.7 Å². The average molecular weight is 544 g/mol. The Morgan fingerprint density at radius 2 is 1.91 bits per heavy atom. The highest BCUT2D eigenvalue weighted by molar-refractivity contribution is 7.66. The summed E-state index contributed by atoms with van der Waals surface area (Å²) in [7, 11) is -16.9. The summed E-state index contributed by atoms with van der Waals surface area (Å²) in [4.78, 5) is 47.9. The molecule has 0 aromatic carbocycles. The first kappa shape index (κ1) is 25.2. The molecule has 0 radical (unpaired) electrons. The van der Waals surface area contributed by atoms with Crippen molar-refractivity contribution in [2.45, 2.75) is 23.5 Å². The van der Waals surface area contributed by atoms with Gasteiger partial charge in [-0.05, 0) is 0 Å². The molecule has 2 aliphatic rings. The largest absolute Gasteiger partial charge is 0.490 e. The molecule has 2 saturated heterocycles. The molecule has 2 unspecified atom stereocenters. The molecule has 2 bridgehead atoms. The molecule has 186 valence electrons. The van der Waals surface area contributed by atoms with Crippen molar-refractivity contribution in [3.8, 4) is 6.07 Å². The molecule has 0 aliphatic carbocycles. The highest BCUT2D eigenvalue weighted by Gasteiger charge is 2.70. The number of nitrogens with two attached hydrogens (primary N) is 1. The first-order valence-electron chi connectivity index (χ1n) is 8.77. The van der Waals surface area contributed by atoms with Crippen LogP contribution in [0.1, 0.15) is 0 Å². The van der Waals surface area contributed by atoms with Crippen molar-refractivity contribution in [1.29, 1.82) is 5.26 Å². The Morgan fingerprint density at radius 1 is 1.21 bits per heavy atom. The number of ether oxygens (including phenoxy) is 2. The number of aromatic nitrogens is 4. The van der Waals surface area contributed by atoms with Crippen LogP contribution in [-0.4, -0.2) is 75.2 Å². The van der Waals surface area contributed by atoms with Crippen LogP contribution in [0.15, 0.2) is 12.7 Å². The minimum Gasteiger partial charge on any atom is -0.387 e. The third-order valence-corrected chi connectivity index (χ3v) is 8.63. The number of hydrogen-bond acceptors (Lipinski definition) is 14. The summed E-state index contributed by atoms with van der Waals surface area (Å²) in [5.74, 6) is -0.0103. The second kappa shape index (κ2) is 8.08. The van der Waals surface area contributed by atoms with Gasteiger partial charge in [-0.1, -0.05) is 0 Å². The van der Waals surface area contributed by atoms with Crippen LogP contribution in [0.2, 0.25) is 0 Å². The molecule has 6 atom stereocenters. The van der Waals surface area contributed by atoms with Gasteiger partial charge in [-0.15, -0.1) is 0 Å². The molecule has 2 aromatic rings. The monoisotopic (exact) mass is 544 g/mol. The lowest BCUT2D eigenvalue weighted by Crippen LogP contribution is -2.50. The predicted molar refractivity (Wildman–Crippen MR) is 103 cm³/mol. The van der Waals surface area contributed by atoms with Crippen molar-refractivity contribution >= 4 is 40.4 Å². The van der Waals surface area contributed by atoms with Crippen LogP contribution in [0, 0.1) is 11.3 Å². The number of phosphoric ester groups is 1. The fourth-order valence-electron chi connectivity index (χ4n) is 3.54. The number of anilines is 1. The van der Waals surface area contributed by atoms with E-state index < -0.39 is 60.2 Å². The summed E-state index contributed by atoms with van der Waals surface area (Å²) in [5, 5.41) is 20.7. The van der Waals surface area contributed by atoms with Crippen molar-refractivity contribution < 1.29 is 61.0 Å². The first-order valence-corrected chi connectivity index (χ1v) is 13.3. The smallest absolute Gasteiger partial charge is 0.387 e. The molecule has 7 N–H and O–H groups in total. The molecule has 2 aromatic heterocycles. The van der Waals surface area contributed by atoms with E-state index in [0.717, 1.165) is 17.2 Å². The highest BCUT2D eigenvalue weighted by Crippen LogP contribution is 2.66. The summed E-state index contributed by atoms with van der Waals surface area (Å²) in [5.41, 5.74) is 1.82. The Labute approximate surface area is 188 Å². The molecule has 0 spiro atoms. The number of aliphatic hydroxyl groups excluding tert-OH is 1. The van der Waals surface area contributed by atoms with Crippen molar-refractivity contribution in [1.82, 2.24) is 19.5 Å². The number of aliphatic hydroxyl groups is 1. The Kier molecular flexibility index (Phi) is 6.00. The fraction of sp³-hybridized carbons (Fsp3) is 0.500. The van der Waals surface area contributed by atoms with Gasteiger partial charge >= 0.3 is 23.5 Å². The van der Waals surface area contributed by atoms with Gasteiger partial charge in [0.05, 0.1) is 13.2 Å². The van der Waals surface area contributed by atoms with Gasteiger partial charge in [-0.2, -0.15) is 13.9 Å². The Morgan fingerprint density at radius 3 is 2.56 bits per heavy atom. The van der Waals surface area contributed by atoms with Crippen LogP contribution in [0.25, 0.3) is 11.2 Å². The van der Waals surface area contributed by atoms with E-state index in [1.54, 1.807) is 0 Å². The van der Waals surface area contributed by atoms with E-state index in [-0.39, 0.29) is 17.0 Å². The number of rotatable bonds is 8. The zero-order valence-corrected chi connectivity index (χ0v) is 19.1. The Hall–Kier alpha value is -1.87. The summed E-state index contributed by atoms with van der Waals surface area (Å²) in [6, 6.07) is 1.84. The van der Waals surface area contributed by atoms with Gasteiger partial charge in [0.25, 0.3) is 5.72 Å². The Bertz CT molecular complexity index is 1320. The van der Waals surface area contributed by atoms with Crippen molar-refractivity contribution in [2.75, 3.05) is 18.9 Å². The SMILES string of the molecule is N#C[C@@]1(n2cnc3c(N)ncnc32)O[C@@]2(COP(=O)(O)OP(=O)(O)OP(=O)(O)O)CO[C@@H]1[C@@H]2O. The van der Waals surface area contributed by atoms with Gasteiger partial charge in [0, 0.05) is 0 Å². The zero-order chi connectivity index (χ0) is 25.2. The number of fused-ring (bicyclic) bond motifs is 3. The summed E-state index contributed by atoms with van der Waals surface area (Å²) in [6.07, 6.45) is -0.797. The summed E-state index contributed by atoms with van der Waals surface area (Å²) in [6.45, 7) is -1.50. The number of nitrogens with zero attached hydrogens (tertiary/aromatic N) is 5. The minimum atomic E-state index is -5.76. The van der Waals surface area contributed by atoms with Crippen LogP contribution in [-0.2, 0) is 42.0 Å². The van der Waals surface area contributed by atoms with E-state index in [1.807, 2.05) is 6.07 Å². The Balaban J connectivity index is 1.59. The number of phosphoric acid groups is 3. The molecule has 34 heavy (non-hydrogen) atoms. The predicted octanol–water partition coefficient (Wildman–Crippen LogP) is -1.54. The molecule has 4 rings (SSSR count). The lowest BCUT2D eigenvalue weighted by Gasteiger charge is -2.35. The standard InChI is InChI=1S/C12H15N6O13P3/c13-1-12(18-5-17-6-9(14)15-4-16-10(6)18)8-7(19)11(29-12,2-27-8)3-28-33(23,24)31-34(25,26)30-32(20,21)22/h4-5,7-8,19H,2-3H2,(H,23,24)(H,25,26)(H2,14,15,16)(H2,20,21,22)/t7-,8+,11+,12+/m0/s1. The molecule has 22 heteroatoms. The number of imidazole rings is 1. The van der Waals surface area contributed by atoms with Gasteiger partial charge in [-0.25, -0.2) is 28.6 Å². The highest BCUT2D eigenvalue weighted by atomic mass is 31.3. The van der Waals surface area contributed by atoms with Gasteiger partial charge in [0.1, 0.15) is 42.0 Å². The zero-order valence-electron chi connectivity index (χ0n) is 16.4. The average Bonchev–Trinajstić information content (AvgIpc) is 3.34. The van der Waals surface area contributed by atoms with E-state index in [1.165, 1.54) is 0 Å². The van der Waals surface area contributed by atoms with E-state index >= 15 is 0 Å².